The lowest BCUT2D eigenvalue weighted by atomic mass is 10.1. The molecule has 1 aromatic heterocycles. The predicted octanol–water partition coefficient (Wildman–Crippen LogP) is 5.77. The van der Waals surface area contributed by atoms with Gasteiger partial charge in [-0.15, -0.1) is 0 Å². The molecule has 0 amide bonds. The highest BCUT2D eigenvalue weighted by Gasteiger charge is 2.07. The number of benzene rings is 2. The summed E-state index contributed by atoms with van der Waals surface area (Å²) in [6, 6.07) is 15.7. The van der Waals surface area contributed by atoms with Crippen LogP contribution in [0.4, 0.5) is 28.8 Å². The van der Waals surface area contributed by atoms with Crippen LogP contribution in [0.1, 0.15) is 19.4 Å². The number of hydrogen-bond acceptors (Lipinski definition) is 5. The van der Waals surface area contributed by atoms with Crippen molar-refractivity contribution in [2.75, 3.05) is 28.6 Å². The molecule has 3 aromatic rings. The lowest BCUT2D eigenvalue weighted by molar-refractivity contribution is 0.866. The largest absolute Gasteiger partial charge is 0.372 e. The number of nitrogens with zero attached hydrogens (tertiary/aromatic N) is 3. The quantitative estimate of drug-likeness (QED) is 0.544. The molecule has 6 heteroatoms. The summed E-state index contributed by atoms with van der Waals surface area (Å²) in [5, 5.41) is 7.22. The van der Waals surface area contributed by atoms with Gasteiger partial charge in [-0.1, -0.05) is 17.7 Å². The zero-order valence-corrected chi connectivity index (χ0v) is 16.6. The van der Waals surface area contributed by atoms with Crippen LogP contribution in [-0.4, -0.2) is 23.1 Å². The molecule has 0 bridgehead atoms. The molecule has 3 rings (SSSR count). The molecule has 0 saturated heterocycles. The monoisotopic (exact) mass is 381 g/mol. The van der Waals surface area contributed by atoms with Gasteiger partial charge in [0, 0.05) is 41.4 Å². The first-order chi connectivity index (χ1) is 13.1. The van der Waals surface area contributed by atoms with Crippen molar-refractivity contribution in [2.45, 2.75) is 20.8 Å². The molecule has 27 heavy (non-hydrogen) atoms. The van der Waals surface area contributed by atoms with Gasteiger partial charge in [-0.2, -0.15) is 4.98 Å². The second-order valence-corrected chi connectivity index (χ2v) is 6.63. The molecule has 0 fully saturated rings. The fourth-order valence-corrected chi connectivity index (χ4v) is 3.09. The molecule has 140 valence electrons. The zero-order chi connectivity index (χ0) is 19.2. The summed E-state index contributed by atoms with van der Waals surface area (Å²) < 4.78 is 0. The maximum Gasteiger partial charge on any atom is 0.229 e. The molecular weight excluding hydrogens is 358 g/mol. The van der Waals surface area contributed by atoms with E-state index in [9.17, 15) is 0 Å². The van der Waals surface area contributed by atoms with Gasteiger partial charge in [-0.3, -0.25) is 0 Å². The number of aryl methyl sites for hydroxylation is 1. The Kier molecular flexibility index (Phi) is 6.14. The van der Waals surface area contributed by atoms with Crippen LogP contribution in [-0.2, 0) is 0 Å². The van der Waals surface area contributed by atoms with E-state index in [1.165, 1.54) is 5.69 Å². The SMILES string of the molecule is CCN(CC)c1ccc(Nc2nccc(Nc3cccc(Cl)c3)n2)c(C)c1. The Morgan fingerprint density at radius 3 is 2.52 bits per heavy atom. The van der Waals surface area contributed by atoms with Crippen LogP contribution in [0, 0.1) is 6.92 Å². The number of halogens is 1. The molecule has 0 unspecified atom stereocenters. The number of nitrogens with one attached hydrogen (secondary N) is 2. The smallest absolute Gasteiger partial charge is 0.229 e. The van der Waals surface area contributed by atoms with Crippen LogP contribution in [0.3, 0.4) is 0 Å². The van der Waals surface area contributed by atoms with E-state index in [0.717, 1.165) is 30.0 Å². The first-order valence-corrected chi connectivity index (χ1v) is 9.45. The highest BCUT2D eigenvalue weighted by Crippen LogP contribution is 2.25. The summed E-state index contributed by atoms with van der Waals surface area (Å²) in [5.41, 5.74) is 4.24. The standard InChI is InChI=1S/C21H24ClN5/c1-4-27(5-2)18-9-10-19(15(3)13-18)25-21-23-12-11-20(26-21)24-17-8-6-7-16(22)14-17/h6-14H,4-5H2,1-3H3,(H2,23,24,25,26). The van der Waals surface area contributed by atoms with Gasteiger partial charge in [-0.25, -0.2) is 4.98 Å². The van der Waals surface area contributed by atoms with Gasteiger partial charge in [-0.05, 0) is 68.8 Å². The van der Waals surface area contributed by atoms with Crippen molar-refractivity contribution in [3.8, 4) is 0 Å². The zero-order valence-electron chi connectivity index (χ0n) is 15.8. The third kappa shape index (κ3) is 4.89. The van der Waals surface area contributed by atoms with E-state index in [-0.39, 0.29) is 0 Å². The van der Waals surface area contributed by atoms with Crippen LogP contribution >= 0.6 is 11.6 Å². The average molecular weight is 382 g/mol. The van der Waals surface area contributed by atoms with Crippen molar-refractivity contribution in [1.29, 1.82) is 0 Å². The number of aromatic nitrogens is 2. The Morgan fingerprint density at radius 1 is 1.00 bits per heavy atom. The number of anilines is 5. The van der Waals surface area contributed by atoms with Crippen LogP contribution in [0.15, 0.2) is 54.7 Å². The van der Waals surface area contributed by atoms with E-state index in [4.69, 9.17) is 11.6 Å². The first-order valence-electron chi connectivity index (χ1n) is 9.07. The molecule has 0 aliphatic carbocycles. The van der Waals surface area contributed by atoms with E-state index in [1.807, 2.05) is 30.3 Å². The van der Waals surface area contributed by atoms with Crippen LogP contribution in [0.25, 0.3) is 0 Å². The summed E-state index contributed by atoms with van der Waals surface area (Å²) >= 11 is 6.03. The lowest BCUT2D eigenvalue weighted by Gasteiger charge is -2.22. The Balaban J connectivity index is 1.76. The minimum Gasteiger partial charge on any atom is -0.372 e. The van der Waals surface area contributed by atoms with Crippen molar-refractivity contribution in [3.05, 3.63) is 65.3 Å². The summed E-state index contributed by atoms with van der Waals surface area (Å²) in [6.45, 7) is 8.39. The maximum absolute atomic E-state index is 6.03. The fraction of sp³-hybridized carbons (Fsp3) is 0.238. The van der Waals surface area contributed by atoms with Crippen LogP contribution < -0.4 is 15.5 Å². The number of rotatable bonds is 7. The van der Waals surface area contributed by atoms with Gasteiger partial charge in [0.25, 0.3) is 0 Å². The summed E-state index contributed by atoms with van der Waals surface area (Å²) in [6.07, 6.45) is 1.72. The average Bonchev–Trinajstić information content (AvgIpc) is 2.65. The van der Waals surface area contributed by atoms with E-state index in [1.54, 1.807) is 6.20 Å². The van der Waals surface area contributed by atoms with E-state index in [2.05, 4.69) is 64.5 Å². The highest BCUT2D eigenvalue weighted by atomic mass is 35.5. The first kappa shape index (κ1) is 19.0. The molecule has 2 N–H and O–H groups in total. The second-order valence-electron chi connectivity index (χ2n) is 6.20. The number of hydrogen-bond donors (Lipinski definition) is 2. The van der Waals surface area contributed by atoms with Crippen molar-refractivity contribution < 1.29 is 0 Å². The molecule has 5 nitrogen and oxygen atoms in total. The molecule has 0 saturated carbocycles. The van der Waals surface area contributed by atoms with Crippen molar-refractivity contribution in [2.24, 2.45) is 0 Å². The van der Waals surface area contributed by atoms with Crippen LogP contribution in [0.5, 0.6) is 0 Å². The van der Waals surface area contributed by atoms with Gasteiger partial charge in [0.2, 0.25) is 5.95 Å². The van der Waals surface area contributed by atoms with E-state index < -0.39 is 0 Å². The molecule has 1 heterocycles. The molecule has 2 aromatic carbocycles. The van der Waals surface area contributed by atoms with Crippen molar-refractivity contribution in [3.63, 3.8) is 0 Å². The van der Waals surface area contributed by atoms with Gasteiger partial charge in [0.05, 0.1) is 0 Å². The van der Waals surface area contributed by atoms with Gasteiger partial charge < -0.3 is 15.5 Å². The predicted molar refractivity (Wildman–Crippen MR) is 115 cm³/mol. The second kappa shape index (κ2) is 8.73. The summed E-state index contributed by atoms with van der Waals surface area (Å²) in [5.74, 6) is 1.24. The molecule has 0 aliphatic rings. The minimum atomic E-state index is 0.542. The Hall–Kier alpha value is -2.79. The third-order valence-electron chi connectivity index (χ3n) is 4.34. The normalized spacial score (nSPS) is 10.5. The molecule has 0 spiro atoms. The lowest BCUT2D eigenvalue weighted by Crippen LogP contribution is -2.21. The Labute approximate surface area is 165 Å². The molecule has 0 atom stereocenters. The highest BCUT2D eigenvalue weighted by molar-refractivity contribution is 6.30. The maximum atomic E-state index is 6.03. The van der Waals surface area contributed by atoms with Gasteiger partial charge >= 0.3 is 0 Å². The minimum absolute atomic E-state index is 0.542. The van der Waals surface area contributed by atoms with Gasteiger partial charge in [0.15, 0.2) is 0 Å². The van der Waals surface area contributed by atoms with Crippen LogP contribution in [0.2, 0.25) is 5.02 Å². The van der Waals surface area contributed by atoms with Gasteiger partial charge in [0.1, 0.15) is 5.82 Å². The van der Waals surface area contributed by atoms with Crippen molar-refractivity contribution >= 4 is 40.4 Å². The van der Waals surface area contributed by atoms with E-state index in [0.29, 0.717) is 16.8 Å². The molecular formula is C21H24ClN5. The molecule has 0 radical (unpaired) electrons. The Bertz CT molecular complexity index is 909. The summed E-state index contributed by atoms with van der Waals surface area (Å²) in [4.78, 5) is 11.2. The topological polar surface area (TPSA) is 53.1 Å². The Morgan fingerprint density at radius 2 is 1.81 bits per heavy atom. The summed E-state index contributed by atoms with van der Waals surface area (Å²) in [7, 11) is 0. The van der Waals surface area contributed by atoms with Crippen molar-refractivity contribution in [1.82, 2.24) is 9.97 Å². The van der Waals surface area contributed by atoms with E-state index >= 15 is 0 Å². The molecule has 0 aliphatic heterocycles. The fourth-order valence-electron chi connectivity index (χ4n) is 2.90. The third-order valence-corrected chi connectivity index (χ3v) is 4.57.